The van der Waals surface area contributed by atoms with Crippen molar-refractivity contribution in [1.82, 2.24) is 5.32 Å². The number of aliphatic hydroxyl groups is 1. The van der Waals surface area contributed by atoms with Crippen LogP contribution in [0.25, 0.3) is 0 Å². The number of aliphatic hydroxyl groups excluding tert-OH is 1. The molecule has 2 N–H and O–H groups in total. The van der Waals surface area contributed by atoms with Gasteiger partial charge in [-0.05, 0) is 49.7 Å². The third-order valence-corrected chi connectivity index (χ3v) is 3.26. The summed E-state index contributed by atoms with van der Waals surface area (Å²) in [5.74, 6) is 0.861. The van der Waals surface area contributed by atoms with Crippen molar-refractivity contribution in [2.75, 3.05) is 6.61 Å². The second-order valence-electron chi connectivity index (χ2n) is 5.82. The first-order chi connectivity index (χ1) is 8.79. The quantitative estimate of drug-likeness (QED) is 0.839. The minimum absolute atomic E-state index is 0.0687. The van der Waals surface area contributed by atoms with E-state index in [0.29, 0.717) is 13.0 Å². The molecule has 4 heteroatoms. The molecule has 1 rings (SSSR count). The van der Waals surface area contributed by atoms with Crippen molar-refractivity contribution in [3.05, 3.63) is 28.2 Å². The van der Waals surface area contributed by atoms with E-state index in [1.807, 2.05) is 12.1 Å². The second-order valence-corrected chi connectivity index (χ2v) is 6.67. The Bertz CT molecular complexity index is 400. The second kappa shape index (κ2) is 7.27. The lowest BCUT2D eigenvalue weighted by Gasteiger charge is -2.22. The van der Waals surface area contributed by atoms with E-state index < -0.39 is 0 Å². The fraction of sp³-hybridized carbons (Fsp3) is 0.600. The topological polar surface area (TPSA) is 41.5 Å². The van der Waals surface area contributed by atoms with Crippen molar-refractivity contribution in [1.29, 1.82) is 0 Å². The maximum Gasteiger partial charge on any atom is 0.137 e. The van der Waals surface area contributed by atoms with Gasteiger partial charge in [-0.15, -0.1) is 0 Å². The van der Waals surface area contributed by atoms with Crippen LogP contribution in [0, 0.1) is 0 Å². The fourth-order valence-electron chi connectivity index (χ4n) is 1.55. The molecule has 0 fully saturated rings. The normalized spacial score (nSPS) is 13.4. The van der Waals surface area contributed by atoms with Crippen LogP contribution in [0.15, 0.2) is 22.7 Å². The number of hydrogen-bond donors (Lipinski definition) is 2. The van der Waals surface area contributed by atoms with Crippen LogP contribution < -0.4 is 10.1 Å². The molecule has 0 aliphatic heterocycles. The summed E-state index contributed by atoms with van der Waals surface area (Å²) in [5.41, 5.74) is 1.19. The Kier molecular flexibility index (Phi) is 6.30. The monoisotopic (exact) mass is 329 g/mol. The zero-order valence-corrected chi connectivity index (χ0v) is 13.8. The molecule has 3 nitrogen and oxygen atoms in total. The standard InChI is InChI=1S/C15H24BrNO2/c1-11(18)8-9-19-14-12(6-5-7-13(14)16)10-17-15(2,3)4/h5-7,11,17-18H,8-10H2,1-4H3. The molecule has 0 radical (unpaired) electrons. The smallest absolute Gasteiger partial charge is 0.137 e. The number of nitrogens with one attached hydrogen (secondary N) is 1. The zero-order chi connectivity index (χ0) is 14.5. The van der Waals surface area contributed by atoms with Crippen molar-refractivity contribution < 1.29 is 9.84 Å². The first-order valence-corrected chi connectivity index (χ1v) is 7.42. The Morgan fingerprint density at radius 3 is 2.63 bits per heavy atom. The van der Waals surface area contributed by atoms with E-state index in [2.05, 4.69) is 48.1 Å². The van der Waals surface area contributed by atoms with E-state index in [1.54, 1.807) is 6.92 Å². The number of ether oxygens (including phenoxy) is 1. The Morgan fingerprint density at radius 1 is 1.37 bits per heavy atom. The largest absolute Gasteiger partial charge is 0.492 e. The van der Waals surface area contributed by atoms with Crippen LogP contribution in [0.4, 0.5) is 0 Å². The van der Waals surface area contributed by atoms with Crippen molar-refractivity contribution in [3.63, 3.8) is 0 Å². The highest BCUT2D eigenvalue weighted by Gasteiger charge is 2.13. The third kappa shape index (κ3) is 6.41. The van der Waals surface area contributed by atoms with E-state index in [0.717, 1.165) is 22.3 Å². The molecule has 0 aliphatic rings. The molecule has 1 aromatic carbocycles. The van der Waals surface area contributed by atoms with Crippen LogP contribution in [0.1, 0.15) is 39.7 Å². The summed E-state index contributed by atoms with van der Waals surface area (Å²) in [6, 6.07) is 6.03. The SMILES string of the molecule is CC(O)CCOc1c(Br)cccc1CNC(C)(C)C. The van der Waals surface area contributed by atoms with Gasteiger partial charge in [0.2, 0.25) is 0 Å². The summed E-state index contributed by atoms with van der Waals surface area (Å²) in [6.45, 7) is 9.46. The molecule has 0 aromatic heterocycles. The Morgan fingerprint density at radius 2 is 2.05 bits per heavy atom. The van der Waals surface area contributed by atoms with Crippen LogP contribution >= 0.6 is 15.9 Å². The summed E-state index contributed by atoms with van der Waals surface area (Å²) in [6.07, 6.45) is 0.298. The molecule has 19 heavy (non-hydrogen) atoms. The van der Waals surface area contributed by atoms with Crippen LogP contribution in [-0.2, 0) is 6.54 Å². The molecule has 0 spiro atoms. The molecular weight excluding hydrogens is 306 g/mol. The summed E-state index contributed by atoms with van der Waals surface area (Å²) in [5, 5.41) is 12.7. The predicted molar refractivity (Wildman–Crippen MR) is 82.5 cm³/mol. The van der Waals surface area contributed by atoms with Crippen molar-refractivity contribution in [2.45, 2.75) is 52.3 Å². The maximum atomic E-state index is 9.27. The molecule has 0 bridgehead atoms. The average molecular weight is 330 g/mol. The van der Waals surface area contributed by atoms with Crippen LogP contribution in [0.3, 0.4) is 0 Å². The van der Waals surface area contributed by atoms with Crippen LogP contribution in [0.5, 0.6) is 5.75 Å². The zero-order valence-electron chi connectivity index (χ0n) is 12.2. The summed E-state index contributed by atoms with van der Waals surface area (Å²) < 4.78 is 6.75. The molecule has 0 amide bonds. The van der Waals surface area contributed by atoms with Gasteiger partial charge in [0, 0.05) is 24.1 Å². The van der Waals surface area contributed by atoms with Gasteiger partial charge in [-0.25, -0.2) is 0 Å². The first-order valence-electron chi connectivity index (χ1n) is 6.63. The number of rotatable bonds is 6. The van der Waals surface area contributed by atoms with Gasteiger partial charge in [-0.3, -0.25) is 0 Å². The number of benzene rings is 1. The minimum atomic E-state index is -0.335. The first kappa shape index (κ1) is 16.5. The number of halogens is 1. The molecule has 0 saturated heterocycles. The van der Waals surface area contributed by atoms with Crippen molar-refractivity contribution in [3.8, 4) is 5.75 Å². The van der Waals surface area contributed by atoms with Gasteiger partial charge in [-0.1, -0.05) is 12.1 Å². The fourth-order valence-corrected chi connectivity index (χ4v) is 2.07. The van der Waals surface area contributed by atoms with Gasteiger partial charge in [0.1, 0.15) is 5.75 Å². The van der Waals surface area contributed by atoms with Crippen LogP contribution in [0.2, 0.25) is 0 Å². The lowest BCUT2D eigenvalue weighted by atomic mass is 10.1. The Hall–Kier alpha value is -0.580. The Balaban J connectivity index is 2.71. The van der Waals surface area contributed by atoms with Crippen molar-refractivity contribution in [2.24, 2.45) is 0 Å². The van der Waals surface area contributed by atoms with Gasteiger partial charge < -0.3 is 15.2 Å². The average Bonchev–Trinajstić information content (AvgIpc) is 2.27. The molecular formula is C15H24BrNO2. The van der Waals surface area contributed by atoms with Gasteiger partial charge >= 0.3 is 0 Å². The van der Waals surface area contributed by atoms with E-state index >= 15 is 0 Å². The molecule has 1 atom stereocenters. The Labute approximate surface area is 124 Å². The number of hydrogen-bond acceptors (Lipinski definition) is 3. The lowest BCUT2D eigenvalue weighted by molar-refractivity contribution is 0.155. The van der Waals surface area contributed by atoms with E-state index in [4.69, 9.17) is 4.74 Å². The highest BCUT2D eigenvalue weighted by Crippen LogP contribution is 2.29. The molecule has 0 aliphatic carbocycles. The summed E-state index contributed by atoms with van der Waals surface area (Å²) in [7, 11) is 0. The summed E-state index contributed by atoms with van der Waals surface area (Å²) in [4.78, 5) is 0. The van der Waals surface area contributed by atoms with E-state index in [9.17, 15) is 5.11 Å². The van der Waals surface area contributed by atoms with Gasteiger partial charge in [-0.2, -0.15) is 0 Å². The summed E-state index contributed by atoms with van der Waals surface area (Å²) >= 11 is 3.52. The van der Waals surface area contributed by atoms with E-state index in [1.165, 1.54) is 0 Å². The van der Waals surface area contributed by atoms with Gasteiger partial charge in [0.25, 0.3) is 0 Å². The molecule has 1 aromatic rings. The van der Waals surface area contributed by atoms with E-state index in [-0.39, 0.29) is 11.6 Å². The predicted octanol–water partition coefficient (Wildman–Crippen LogP) is 3.49. The lowest BCUT2D eigenvalue weighted by Crippen LogP contribution is -2.35. The molecule has 0 heterocycles. The van der Waals surface area contributed by atoms with Gasteiger partial charge in [0.15, 0.2) is 0 Å². The number of para-hydroxylation sites is 1. The maximum absolute atomic E-state index is 9.27. The van der Waals surface area contributed by atoms with Crippen molar-refractivity contribution >= 4 is 15.9 Å². The molecule has 108 valence electrons. The molecule has 1 unspecified atom stereocenters. The highest BCUT2D eigenvalue weighted by molar-refractivity contribution is 9.10. The minimum Gasteiger partial charge on any atom is -0.492 e. The highest BCUT2D eigenvalue weighted by atomic mass is 79.9. The van der Waals surface area contributed by atoms with Gasteiger partial charge in [0.05, 0.1) is 17.2 Å². The van der Waals surface area contributed by atoms with Crippen LogP contribution in [-0.4, -0.2) is 23.4 Å². The molecule has 0 saturated carbocycles. The third-order valence-electron chi connectivity index (χ3n) is 2.64.